The van der Waals surface area contributed by atoms with E-state index in [-0.39, 0.29) is 5.56 Å². The molecule has 0 amide bonds. The molecule has 0 unspecified atom stereocenters. The summed E-state index contributed by atoms with van der Waals surface area (Å²) in [6.07, 6.45) is 0. The topological polar surface area (TPSA) is 75.7 Å². The molecule has 0 bridgehead atoms. The largest absolute Gasteiger partial charge is 0.545 e. The number of carbonyl (C=O) groups excluding carboxylic acids is 2. The van der Waals surface area contributed by atoms with Crippen molar-refractivity contribution in [1.82, 2.24) is 0 Å². The molecule has 0 atom stereocenters. The normalized spacial score (nSPS) is 13.4. The summed E-state index contributed by atoms with van der Waals surface area (Å²) in [7, 11) is 1.52. The van der Waals surface area contributed by atoms with Gasteiger partial charge in [-0.2, -0.15) is 0 Å². The summed E-state index contributed by atoms with van der Waals surface area (Å²) in [5, 5.41) is 12.3. The van der Waals surface area contributed by atoms with Crippen LogP contribution in [0, 0.1) is 0 Å². The Kier molecular flexibility index (Phi) is 3.92. The van der Waals surface area contributed by atoms with Gasteiger partial charge in [0.2, 0.25) is 5.60 Å². The average Bonchev–Trinajstić information content (AvgIpc) is 2.99. The smallest absolute Gasteiger partial charge is 0.339 e. The third kappa shape index (κ3) is 2.47. The number of ether oxygens (including phenoxy) is 2. The van der Waals surface area contributed by atoms with E-state index in [1.807, 2.05) is 12.1 Å². The van der Waals surface area contributed by atoms with E-state index in [1.54, 1.807) is 48.5 Å². The predicted molar refractivity (Wildman–Crippen MR) is 96.1 cm³/mol. The van der Waals surface area contributed by atoms with Gasteiger partial charge >= 0.3 is 5.97 Å². The van der Waals surface area contributed by atoms with E-state index in [9.17, 15) is 14.7 Å². The SMILES string of the molecule is COc1ccc(C(=O)OC2(C(=O)[O-])c3ccccc3-c3ccccc32)cc1. The maximum Gasteiger partial charge on any atom is 0.339 e. The highest BCUT2D eigenvalue weighted by Crippen LogP contribution is 2.49. The number of fused-ring (bicyclic) bond motifs is 3. The lowest BCUT2D eigenvalue weighted by Gasteiger charge is -2.32. The Morgan fingerprint density at radius 1 is 0.815 bits per heavy atom. The van der Waals surface area contributed by atoms with Crippen molar-refractivity contribution in [3.05, 3.63) is 89.5 Å². The van der Waals surface area contributed by atoms with Crippen LogP contribution >= 0.6 is 0 Å². The number of hydrogen-bond acceptors (Lipinski definition) is 5. The minimum Gasteiger partial charge on any atom is -0.545 e. The van der Waals surface area contributed by atoms with Gasteiger partial charge in [0.15, 0.2) is 0 Å². The quantitative estimate of drug-likeness (QED) is 0.669. The summed E-state index contributed by atoms with van der Waals surface area (Å²) in [6.45, 7) is 0. The van der Waals surface area contributed by atoms with Crippen molar-refractivity contribution in [2.45, 2.75) is 5.60 Å². The van der Waals surface area contributed by atoms with Crippen LogP contribution in [0.15, 0.2) is 72.8 Å². The molecule has 3 aromatic rings. The first-order valence-corrected chi connectivity index (χ1v) is 8.36. The lowest BCUT2D eigenvalue weighted by atomic mass is 9.91. The Balaban J connectivity index is 1.84. The van der Waals surface area contributed by atoms with Gasteiger partial charge in [-0.1, -0.05) is 48.5 Å². The maximum atomic E-state index is 12.8. The van der Waals surface area contributed by atoms with E-state index in [4.69, 9.17) is 9.47 Å². The molecule has 0 heterocycles. The van der Waals surface area contributed by atoms with Gasteiger partial charge in [0.05, 0.1) is 18.6 Å². The van der Waals surface area contributed by atoms with E-state index in [2.05, 4.69) is 0 Å². The Labute approximate surface area is 155 Å². The first-order valence-electron chi connectivity index (χ1n) is 8.36. The summed E-state index contributed by atoms with van der Waals surface area (Å²) in [6, 6.07) is 20.2. The summed E-state index contributed by atoms with van der Waals surface area (Å²) in [5.41, 5.74) is 0.406. The third-order valence-electron chi connectivity index (χ3n) is 4.76. The molecule has 0 saturated carbocycles. The van der Waals surface area contributed by atoms with Crippen molar-refractivity contribution >= 4 is 11.9 Å². The van der Waals surface area contributed by atoms with Gasteiger partial charge in [0.1, 0.15) is 5.75 Å². The first-order chi connectivity index (χ1) is 13.1. The number of carboxylic acid groups (broad SMARTS) is 1. The predicted octanol–water partition coefficient (Wildman–Crippen LogP) is 2.53. The number of carbonyl (C=O) groups is 2. The number of aliphatic carboxylic acids is 1. The zero-order valence-electron chi connectivity index (χ0n) is 14.5. The van der Waals surface area contributed by atoms with Gasteiger partial charge in [-0.3, -0.25) is 0 Å². The van der Waals surface area contributed by atoms with E-state index >= 15 is 0 Å². The summed E-state index contributed by atoms with van der Waals surface area (Å²) >= 11 is 0. The van der Waals surface area contributed by atoms with Crippen LogP contribution in [0.25, 0.3) is 11.1 Å². The minimum absolute atomic E-state index is 0.221. The number of rotatable bonds is 4. The molecule has 0 saturated heterocycles. The Morgan fingerprint density at radius 3 is 1.81 bits per heavy atom. The molecule has 0 aromatic heterocycles. The maximum absolute atomic E-state index is 12.8. The highest BCUT2D eigenvalue weighted by molar-refractivity contribution is 5.99. The fourth-order valence-electron chi connectivity index (χ4n) is 3.49. The standard InChI is InChI=1S/C22H16O5/c1-26-15-12-10-14(11-13-15)20(23)27-22(21(24)25)18-8-4-2-6-16(18)17-7-3-5-9-19(17)22/h2-13H,1H3,(H,24,25)/p-1. The number of carboxylic acids is 1. The van der Waals surface area contributed by atoms with Gasteiger partial charge in [0.25, 0.3) is 0 Å². The fraction of sp³-hybridized carbons (Fsp3) is 0.0909. The van der Waals surface area contributed by atoms with Crippen LogP contribution in [0.3, 0.4) is 0 Å². The van der Waals surface area contributed by atoms with Gasteiger partial charge in [-0.15, -0.1) is 0 Å². The van der Waals surface area contributed by atoms with Crippen LogP contribution in [0.4, 0.5) is 0 Å². The molecule has 4 rings (SSSR count). The number of hydrogen-bond donors (Lipinski definition) is 0. The van der Waals surface area contributed by atoms with Crippen LogP contribution in [-0.4, -0.2) is 19.0 Å². The molecular weight excluding hydrogens is 344 g/mol. The lowest BCUT2D eigenvalue weighted by molar-refractivity contribution is -0.322. The lowest BCUT2D eigenvalue weighted by Crippen LogP contribution is -2.48. The zero-order chi connectivity index (χ0) is 19.0. The second kappa shape index (κ2) is 6.29. The molecule has 1 aliphatic carbocycles. The summed E-state index contributed by atoms with van der Waals surface area (Å²) in [5.74, 6) is -1.66. The second-order valence-electron chi connectivity index (χ2n) is 6.18. The van der Waals surface area contributed by atoms with Gasteiger partial charge in [-0.25, -0.2) is 4.79 Å². The van der Waals surface area contributed by atoms with E-state index in [0.717, 1.165) is 0 Å². The molecule has 1 aliphatic rings. The van der Waals surface area contributed by atoms with Crippen LogP contribution in [0.1, 0.15) is 21.5 Å². The first kappa shape index (κ1) is 16.8. The monoisotopic (exact) mass is 359 g/mol. The Morgan fingerprint density at radius 2 is 1.33 bits per heavy atom. The molecule has 3 aromatic carbocycles. The van der Waals surface area contributed by atoms with Crippen molar-refractivity contribution in [1.29, 1.82) is 0 Å². The fourth-order valence-corrected chi connectivity index (χ4v) is 3.49. The van der Waals surface area contributed by atoms with Crippen LogP contribution < -0.4 is 9.84 Å². The molecule has 134 valence electrons. The Bertz CT molecular complexity index is 991. The van der Waals surface area contributed by atoms with Crippen molar-refractivity contribution in [2.75, 3.05) is 7.11 Å². The molecule has 0 fully saturated rings. The highest BCUT2D eigenvalue weighted by atomic mass is 16.6. The van der Waals surface area contributed by atoms with Gasteiger partial charge < -0.3 is 19.4 Å². The molecule has 5 nitrogen and oxygen atoms in total. The molecule has 27 heavy (non-hydrogen) atoms. The molecule has 0 aliphatic heterocycles. The van der Waals surface area contributed by atoms with Crippen molar-refractivity contribution < 1.29 is 24.2 Å². The third-order valence-corrected chi connectivity index (χ3v) is 4.76. The number of methoxy groups -OCH3 is 1. The van der Waals surface area contributed by atoms with Crippen LogP contribution in [0.5, 0.6) is 5.75 Å². The molecular formula is C22H15O5-. The zero-order valence-corrected chi connectivity index (χ0v) is 14.5. The van der Waals surface area contributed by atoms with Crippen molar-refractivity contribution in [3.63, 3.8) is 0 Å². The van der Waals surface area contributed by atoms with Gasteiger partial charge in [0, 0.05) is 11.1 Å². The van der Waals surface area contributed by atoms with E-state index < -0.39 is 17.5 Å². The minimum atomic E-state index is -2.00. The Hall–Kier alpha value is -3.60. The number of esters is 1. The highest BCUT2D eigenvalue weighted by Gasteiger charge is 2.48. The second-order valence-corrected chi connectivity index (χ2v) is 6.18. The summed E-state index contributed by atoms with van der Waals surface area (Å²) < 4.78 is 10.7. The molecule has 5 heteroatoms. The van der Waals surface area contributed by atoms with E-state index in [1.165, 1.54) is 19.2 Å². The van der Waals surface area contributed by atoms with Crippen LogP contribution in [0.2, 0.25) is 0 Å². The summed E-state index contributed by atoms with van der Waals surface area (Å²) in [4.78, 5) is 25.1. The molecule has 0 N–H and O–H groups in total. The molecule has 0 spiro atoms. The van der Waals surface area contributed by atoms with Crippen molar-refractivity contribution in [3.8, 4) is 16.9 Å². The van der Waals surface area contributed by atoms with Crippen LogP contribution in [-0.2, 0) is 15.1 Å². The number of benzene rings is 3. The average molecular weight is 359 g/mol. The van der Waals surface area contributed by atoms with Gasteiger partial charge in [-0.05, 0) is 35.4 Å². The van der Waals surface area contributed by atoms with Crippen molar-refractivity contribution in [2.24, 2.45) is 0 Å². The van der Waals surface area contributed by atoms with E-state index in [0.29, 0.717) is 28.0 Å². The molecule has 0 radical (unpaired) electrons.